The second kappa shape index (κ2) is 3.94. The Bertz CT molecular complexity index is 108. The van der Waals surface area contributed by atoms with Crippen molar-refractivity contribution in [3.63, 3.8) is 0 Å². The molecule has 0 fully saturated rings. The zero-order chi connectivity index (χ0) is 7.33. The quantitative estimate of drug-likeness (QED) is 0.351. The van der Waals surface area contributed by atoms with Crippen molar-refractivity contribution in [3.05, 3.63) is 0 Å². The maximum atomic E-state index is 10.6. The summed E-state index contributed by atoms with van der Waals surface area (Å²) in [6.07, 6.45) is 0. The van der Waals surface area contributed by atoms with Gasteiger partial charge in [0.25, 0.3) is 0 Å². The first-order valence-corrected chi connectivity index (χ1v) is 3.81. The minimum atomic E-state index is -3.44. The molecule has 0 aliphatic heterocycles. The maximum Gasteiger partial charge on any atom is 0.405 e. The Morgan fingerprint density at radius 3 is 1.78 bits per heavy atom. The molecule has 0 saturated heterocycles. The number of hydrogen-bond donors (Lipinski definition) is 3. The van der Waals surface area contributed by atoms with E-state index in [4.69, 9.17) is 17.0 Å². The Morgan fingerprint density at radius 1 is 1.22 bits per heavy atom. The molecule has 6 N–H and O–H groups in total. The highest BCUT2D eigenvalue weighted by Crippen LogP contribution is 2.37. The van der Waals surface area contributed by atoms with Crippen LogP contribution in [-0.4, -0.2) is 13.5 Å². The van der Waals surface area contributed by atoms with E-state index in [0.29, 0.717) is 0 Å². The lowest BCUT2D eigenvalue weighted by molar-refractivity contribution is 0.213. The van der Waals surface area contributed by atoms with Crippen LogP contribution in [-0.2, 0) is 13.6 Å². The van der Waals surface area contributed by atoms with Gasteiger partial charge in [0.05, 0.1) is 0 Å². The van der Waals surface area contributed by atoms with Crippen molar-refractivity contribution in [2.75, 3.05) is 13.5 Å². The molecule has 0 aliphatic rings. The molecule has 0 aromatic rings. The molecule has 0 radical (unpaired) electrons. The molecule has 56 valence electrons. The highest BCUT2D eigenvalue weighted by molar-refractivity contribution is 7.51. The van der Waals surface area contributed by atoms with Crippen molar-refractivity contribution < 1.29 is 13.6 Å². The van der Waals surface area contributed by atoms with Crippen molar-refractivity contribution in [2.24, 2.45) is 17.0 Å². The minimum Gasteiger partial charge on any atom is -0.308 e. The van der Waals surface area contributed by atoms with Crippen LogP contribution in [0.1, 0.15) is 0 Å². The molecule has 0 atom stereocenters. The zero-order valence-electron chi connectivity index (χ0n) is 4.82. The molecule has 0 rings (SSSR count). The second-order valence-electron chi connectivity index (χ2n) is 1.13. The first-order valence-electron chi connectivity index (χ1n) is 2.20. The van der Waals surface area contributed by atoms with E-state index in [1.165, 1.54) is 0 Å². The van der Waals surface area contributed by atoms with Crippen LogP contribution in [0, 0.1) is 0 Å². The zero-order valence-corrected chi connectivity index (χ0v) is 5.71. The molecule has 0 aromatic heterocycles. The van der Waals surface area contributed by atoms with Gasteiger partial charge in [-0.15, -0.1) is 0 Å². The Balaban J connectivity index is 3.58. The third kappa shape index (κ3) is 4.53. The molecule has 0 aliphatic carbocycles. The Kier molecular flexibility index (Phi) is 3.96. The van der Waals surface area contributed by atoms with Crippen LogP contribution in [0.5, 0.6) is 0 Å². The third-order valence-electron chi connectivity index (χ3n) is 0.509. The first-order chi connectivity index (χ1) is 4.12. The van der Waals surface area contributed by atoms with Gasteiger partial charge in [-0.1, -0.05) is 0 Å². The summed E-state index contributed by atoms with van der Waals surface area (Å²) >= 11 is 0. The molecule has 0 saturated carbocycles. The van der Waals surface area contributed by atoms with E-state index >= 15 is 0 Å². The van der Waals surface area contributed by atoms with E-state index in [1.807, 2.05) is 0 Å². The number of hydrogen-bond acceptors (Lipinski definition) is 5. The predicted molar refractivity (Wildman–Crippen MR) is 32.1 cm³/mol. The summed E-state index contributed by atoms with van der Waals surface area (Å²) in [7, 11) is -3.44. The molecule has 7 heteroatoms. The van der Waals surface area contributed by atoms with Crippen molar-refractivity contribution in [1.82, 2.24) is 0 Å². The summed E-state index contributed by atoms with van der Waals surface area (Å²) < 4.78 is 19.1. The van der Waals surface area contributed by atoms with Gasteiger partial charge in [-0.2, -0.15) is 0 Å². The molecule has 0 spiro atoms. The van der Waals surface area contributed by atoms with Crippen LogP contribution in [0.4, 0.5) is 0 Å². The van der Waals surface area contributed by atoms with Gasteiger partial charge in [0.2, 0.25) is 0 Å². The largest absolute Gasteiger partial charge is 0.405 e. The Morgan fingerprint density at radius 2 is 1.56 bits per heavy atom. The maximum absolute atomic E-state index is 10.6. The van der Waals surface area contributed by atoms with Gasteiger partial charge in [0, 0.05) is 0 Å². The highest BCUT2D eigenvalue weighted by atomic mass is 31.2. The third-order valence-corrected chi connectivity index (χ3v) is 1.53. The lowest BCUT2D eigenvalue weighted by atomic mass is 11.4. The van der Waals surface area contributed by atoms with Crippen LogP contribution in [0.2, 0.25) is 0 Å². The van der Waals surface area contributed by atoms with Gasteiger partial charge < -0.3 is 11.5 Å². The molecule has 0 bridgehead atoms. The van der Waals surface area contributed by atoms with Gasteiger partial charge >= 0.3 is 7.75 Å². The average Bonchev–Trinajstić information content (AvgIpc) is 1.64. The van der Waals surface area contributed by atoms with Gasteiger partial charge in [0.15, 0.2) is 0 Å². The fourth-order valence-electron chi connectivity index (χ4n) is 0.245. The van der Waals surface area contributed by atoms with Crippen LogP contribution in [0.25, 0.3) is 0 Å². The summed E-state index contributed by atoms with van der Waals surface area (Å²) in [5.74, 6) is 0. The Labute approximate surface area is 52.9 Å². The highest BCUT2D eigenvalue weighted by Gasteiger charge is 2.14. The van der Waals surface area contributed by atoms with E-state index in [0.717, 1.165) is 0 Å². The molecule has 0 amide bonds. The monoisotopic (exact) mass is 155 g/mol. The van der Waals surface area contributed by atoms with Gasteiger partial charge in [-0.3, -0.25) is 9.05 Å². The fraction of sp³-hybridized carbons (Fsp3) is 1.00. The van der Waals surface area contributed by atoms with E-state index in [2.05, 4.69) is 9.05 Å². The summed E-state index contributed by atoms with van der Waals surface area (Å²) in [6, 6.07) is 0. The van der Waals surface area contributed by atoms with E-state index < -0.39 is 7.75 Å². The van der Waals surface area contributed by atoms with Crippen LogP contribution < -0.4 is 17.0 Å². The SMILES string of the molecule is NCOP(N)(=O)OCN. The van der Waals surface area contributed by atoms with Gasteiger partial charge in [0.1, 0.15) is 13.5 Å². The summed E-state index contributed by atoms with van der Waals surface area (Å²) in [4.78, 5) is 0. The van der Waals surface area contributed by atoms with Gasteiger partial charge in [-0.25, -0.2) is 10.1 Å². The first kappa shape index (κ1) is 9.03. The smallest absolute Gasteiger partial charge is 0.308 e. The normalized spacial score (nSPS) is 11.9. The molecule has 9 heavy (non-hydrogen) atoms. The summed E-state index contributed by atoms with van der Waals surface area (Å²) in [5.41, 5.74) is 14.6. The average molecular weight is 155 g/mol. The van der Waals surface area contributed by atoms with E-state index in [9.17, 15) is 4.57 Å². The number of nitrogens with two attached hydrogens (primary N) is 3. The topological polar surface area (TPSA) is 114 Å². The molecule has 0 heterocycles. The lowest BCUT2D eigenvalue weighted by Gasteiger charge is -2.08. The van der Waals surface area contributed by atoms with Crippen molar-refractivity contribution >= 4 is 7.75 Å². The molecule has 0 unspecified atom stereocenters. The van der Waals surface area contributed by atoms with Crippen LogP contribution in [0.3, 0.4) is 0 Å². The van der Waals surface area contributed by atoms with Crippen molar-refractivity contribution in [3.8, 4) is 0 Å². The van der Waals surface area contributed by atoms with Crippen molar-refractivity contribution in [1.29, 1.82) is 0 Å². The standard InChI is InChI=1S/C2H10N3O3P/c3-1-7-9(5,6)8-2-4/h1-4H2,(H2,5,6). The summed E-state index contributed by atoms with van der Waals surface area (Å²) in [6.45, 7) is -0.485. The molecule has 0 aromatic carbocycles. The second-order valence-corrected chi connectivity index (χ2v) is 2.73. The van der Waals surface area contributed by atoms with Gasteiger partial charge in [-0.05, 0) is 0 Å². The number of rotatable bonds is 4. The summed E-state index contributed by atoms with van der Waals surface area (Å²) in [5, 5.41) is 0. The van der Waals surface area contributed by atoms with E-state index in [-0.39, 0.29) is 13.5 Å². The van der Waals surface area contributed by atoms with E-state index in [1.54, 1.807) is 0 Å². The van der Waals surface area contributed by atoms with Crippen LogP contribution in [0.15, 0.2) is 0 Å². The lowest BCUT2D eigenvalue weighted by Crippen LogP contribution is -2.13. The Hall–Kier alpha value is 0.0300. The molecular weight excluding hydrogens is 145 g/mol. The minimum absolute atomic E-state index is 0.242. The van der Waals surface area contributed by atoms with Crippen LogP contribution >= 0.6 is 7.75 Å². The molecular formula is C2H10N3O3P. The van der Waals surface area contributed by atoms with Crippen molar-refractivity contribution in [2.45, 2.75) is 0 Å². The predicted octanol–water partition coefficient (Wildman–Crippen LogP) is -1.08. The fourth-order valence-corrected chi connectivity index (χ4v) is 0.735. The molecule has 6 nitrogen and oxygen atoms in total.